The highest BCUT2D eigenvalue weighted by atomic mass is 32.1. The zero-order chi connectivity index (χ0) is 57.1. The quantitative estimate of drug-likeness (QED) is 0.170. The zero-order valence-corrected chi connectivity index (χ0v) is 50.9. The highest BCUT2D eigenvalue weighted by Crippen LogP contribution is 2.67. The Labute approximate surface area is 506 Å². The van der Waals surface area contributed by atoms with E-state index in [1.807, 2.05) is 11.3 Å². The van der Waals surface area contributed by atoms with Crippen molar-refractivity contribution in [3.63, 3.8) is 0 Å². The topological polar surface area (TPSA) is 12.5 Å². The molecule has 0 atom stereocenters. The molecule has 3 heteroatoms. The first-order valence-corrected chi connectivity index (χ1v) is 32.7. The molecule has 1 aromatic heterocycles. The molecule has 0 amide bonds. The van der Waals surface area contributed by atoms with Gasteiger partial charge in [-0.1, -0.05) is 232 Å². The number of nitrogens with zero attached hydrogens (tertiary/aromatic N) is 1. The van der Waals surface area contributed by atoms with Crippen LogP contribution in [0.4, 0.5) is 17.1 Å². The molecule has 2 heterocycles. The number of fused-ring (bicyclic) bond motifs is 22. The Balaban J connectivity index is 0.955. The summed E-state index contributed by atoms with van der Waals surface area (Å²) in [4.78, 5) is 2.63. The standard InChI is InChI=1S/C82H73NOS/c1-79(2,3)54-34-40-61-62-41-35-55(80(4,5)6)47-71(62)81(70(61)46-54)66-27-15-13-24-58(66)63-42-36-56(48-72(63)81)83(74-29-19-26-65-64-25-14-18-31-77(64)85-78(65)74)57-37-43-76-73(49-57)82(67-28-16-17-30-75(67)84-76)68-44-52(50-20-9-7-10-21-50)32-38-59(68)60-39-33-53(45-69(60)82)51-22-11-8-12-23-51/h13-19,24-51H,7-12,20-23H2,1-6H3. The highest BCUT2D eigenvalue weighted by Gasteiger charge is 2.54. The first kappa shape index (κ1) is 51.4. The average molecular weight is 1120 g/mol. The molecule has 17 rings (SSSR count). The lowest BCUT2D eigenvalue weighted by atomic mass is 9.65. The first-order valence-electron chi connectivity index (χ1n) is 31.9. The number of rotatable bonds is 5. The minimum Gasteiger partial charge on any atom is -0.457 e. The van der Waals surface area contributed by atoms with Gasteiger partial charge in [-0.25, -0.2) is 0 Å². The maximum Gasteiger partial charge on any atom is 0.132 e. The van der Waals surface area contributed by atoms with Gasteiger partial charge in [-0.05, 0) is 186 Å². The van der Waals surface area contributed by atoms with Gasteiger partial charge in [0, 0.05) is 38.0 Å². The van der Waals surface area contributed by atoms with E-state index in [0.29, 0.717) is 11.8 Å². The predicted octanol–water partition coefficient (Wildman–Crippen LogP) is 23.0. The van der Waals surface area contributed by atoms with Gasteiger partial charge in [-0.3, -0.25) is 0 Å². The van der Waals surface area contributed by atoms with Gasteiger partial charge in [0.2, 0.25) is 0 Å². The number of thiophene rings is 1. The molecule has 418 valence electrons. The SMILES string of the molecule is CC(C)(C)c1ccc2c(c1)C1(c3ccccc3-c3ccc(N(c4ccc5c(c4)C4(c6ccccc6O5)c5cc(C6CCCCC6)ccc5-c5ccc(C6CCCCC6)cc54)c4cccc5c4sc4ccccc45)cc31)c1cc(C(C)(C)C)ccc1-2. The minimum absolute atomic E-state index is 0.0483. The molecule has 0 saturated heterocycles. The molecular weight excluding hydrogens is 1050 g/mol. The fourth-order valence-corrected chi connectivity index (χ4v) is 18.3. The van der Waals surface area contributed by atoms with Gasteiger partial charge >= 0.3 is 0 Å². The van der Waals surface area contributed by atoms with Crippen molar-refractivity contribution >= 4 is 48.6 Å². The number of para-hydroxylation sites is 1. The van der Waals surface area contributed by atoms with E-state index in [9.17, 15) is 0 Å². The molecule has 85 heavy (non-hydrogen) atoms. The van der Waals surface area contributed by atoms with Crippen LogP contribution < -0.4 is 9.64 Å². The second-order valence-electron chi connectivity index (χ2n) is 27.9. The molecule has 5 aliphatic carbocycles. The smallest absolute Gasteiger partial charge is 0.132 e. The third kappa shape index (κ3) is 7.41. The Morgan fingerprint density at radius 2 is 0.835 bits per heavy atom. The maximum absolute atomic E-state index is 7.32. The lowest BCUT2D eigenvalue weighted by Crippen LogP contribution is -2.33. The van der Waals surface area contributed by atoms with E-state index in [4.69, 9.17) is 4.74 Å². The molecule has 0 radical (unpaired) electrons. The van der Waals surface area contributed by atoms with Crippen molar-refractivity contribution in [3.05, 3.63) is 267 Å². The highest BCUT2D eigenvalue weighted by molar-refractivity contribution is 7.26. The van der Waals surface area contributed by atoms with Crippen LogP contribution in [0.5, 0.6) is 11.5 Å². The normalized spacial score (nSPS) is 17.0. The fourth-order valence-electron chi connectivity index (χ4n) is 17.1. The van der Waals surface area contributed by atoms with Crippen LogP contribution >= 0.6 is 11.3 Å². The lowest BCUT2D eigenvalue weighted by Gasteiger charge is -2.41. The van der Waals surface area contributed by atoms with Crippen LogP contribution in [0.25, 0.3) is 53.6 Å². The van der Waals surface area contributed by atoms with E-state index in [-0.39, 0.29) is 10.8 Å². The van der Waals surface area contributed by atoms with Gasteiger partial charge in [0.15, 0.2) is 0 Å². The summed E-state index contributed by atoms with van der Waals surface area (Å²) in [6.45, 7) is 14.2. The summed E-state index contributed by atoms with van der Waals surface area (Å²) >= 11 is 1.91. The second kappa shape index (κ2) is 18.8. The molecule has 6 aliphatic rings. The van der Waals surface area contributed by atoms with Crippen molar-refractivity contribution < 1.29 is 4.74 Å². The largest absolute Gasteiger partial charge is 0.457 e. The predicted molar refractivity (Wildman–Crippen MR) is 357 cm³/mol. The summed E-state index contributed by atoms with van der Waals surface area (Å²) in [6.07, 6.45) is 12.9. The number of hydrogen-bond acceptors (Lipinski definition) is 3. The summed E-state index contributed by atoms with van der Waals surface area (Å²) in [7, 11) is 0. The Hall–Kier alpha value is -7.98. The molecule has 2 fully saturated rings. The third-order valence-corrected chi connectivity index (χ3v) is 22.5. The van der Waals surface area contributed by atoms with Crippen LogP contribution in [0.1, 0.15) is 184 Å². The summed E-state index contributed by atoms with van der Waals surface area (Å²) in [5.74, 6) is 3.00. The zero-order valence-electron chi connectivity index (χ0n) is 50.0. The van der Waals surface area contributed by atoms with Gasteiger partial charge < -0.3 is 9.64 Å². The first-order chi connectivity index (χ1) is 41.4. The van der Waals surface area contributed by atoms with Crippen molar-refractivity contribution in [1.82, 2.24) is 0 Å². The van der Waals surface area contributed by atoms with Gasteiger partial charge in [0.25, 0.3) is 0 Å². The van der Waals surface area contributed by atoms with Gasteiger partial charge in [-0.2, -0.15) is 0 Å². The number of hydrogen-bond donors (Lipinski definition) is 0. The van der Waals surface area contributed by atoms with Gasteiger partial charge in [0.1, 0.15) is 11.5 Å². The number of ether oxygens (including phenoxy) is 1. The Kier molecular flexibility index (Phi) is 11.4. The van der Waals surface area contributed by atoms with Gasteiger partial charge in [-0.15, -0.1) is 11.3 Å². The molecule has 10 aromatic carbocycles. The minimum atomic E-state index is -0.633. The lowest BCUT2D eigenvalue weighted by molar-refractivity contribution is 0.433. The van der Waals surface area contributed by atoms with Crippen molar-refractivity contribution in [2.75, 3.05) is 4.90 Å². The summed E-state index contributed by atoms with van der Waals surface area (Å²) in [5, 5.41) is 2.58. The second-order valence-corrected chi connectivity index (χ2v) is 29.0. The Morgan fingerprint density at radius 3 is 1.46 bits per heavy atom. The van der Waals surface area contributed by atoms with Crippen molar-refractivity contribution in [2.45, 2.75) is 139 Å². The van der Waals surface area contributed by atoms with Crippen LogP contribution in [-0.2, 0) is 21.7 Å². The molecule has 1 aliphatic heterocycles. The van der Waals surface area contributed by atoms with E-state index in [0.717, 1.165) is 22.9 Å². The average Bonchev–Trinajstić information content (AvgIpc) is 1.56. The van der Waals surface area contributed by atoms with Crippen LogP contribution in [-0.4, -0.2) is 0 Å². The molecular formula is C82H73NOS. The van der Waals surface area contributed by atoms with E-state index in [1.54, 1.807) is 0 Å². The van der Waals surface area contributed by atoms with Crippen LogP contribution in [0.15, 0.2) is 200 Å². The third-order valence-electron chi connectivity index (χ3n) is 21.3. The van der Waals surface area contributed by atoms with E-state index in [2.05, 4.69) is 247 Å². The van der Waals surface area contributed by atoms with E-state index in [1.165, 1.54) is 190 Å². The van der Waals surface area contributed by atoms with Crippen LogP contribution in [0.3, 0.4) is 0 Å². The fraction of sp³-hybridized carbons (Fsp3) is 0.268. The van der Waals surface area contributed by atoms with Gasteiger partial charge in [0.05, 0.1) is 21.2 Å². The molecule has 2 spiro atoms. The molecule has 0 unspecified atom stereocenters. The monoisotopic (exact) mass is 1120 g/mol. The van der Waals surface area contributed by atoms with Crippen LogP contribution in [0, 0.1) is 0 Å². The Morgan fingerprint density at radius 1 is 0.376 bits per heavy atom. The summed E-state index contributed by atoms with van der Waals surface area (Å²) in [5.41, 5.74) is 26.6. The molecule has 11 aromatic rings. The molecule has 0 bridgehead atoms. The summed E-state index contributed by atoms with van der Waals surface area (Å²) < 4.78 is 9.90. The van der Waals surface area contributed by atoms with Crippen LogP contribution in [0.2, 0.25) is 0 Å². The van der Waals surface area contributed by atoms with Crippen molar-refractivity contribution in [2.24, 2.45) is 0 Å². The molecule has 2 saturated carbocycles. The Bertz CT molecular complexity index is 4450. The van der Waals surface area contributed by atoms with Crippen molar-refractivity contribution in [3.8, 4) is 44.9 Å². The number of anilines is 3. The maximum atomic E-state index is 7.32. The molecule has 0 N–H and O–H groups in total. The van der Waals surface area contributed by atoms with E-state index < -0.39 is 10.8 Å². The number of benzene rings is 10. The van der Waals surface area contributed by atoms with Crippen molar-refractivity contribution in [1.29, 1.82) is 0 Å². The van der Waals surface area contributed by atoms with E-state index >= 15 is 0 Å². The molecule has 2 nitrogen and oxygen atoms in total. The summed E-state index contributed by atoms with van der Waals surface area (Å²) in [6, 6.07) is 79.4.